The van der Waals surface area contributed by atoms with E-state index in [1.807, 2.05) is 49.5 Å². The van der Waals surface area contributed by atoms with Gasteiger partial charge in [0, 0.05) is 36.5 Å². The van der Waals surface area contributed by atoms with Gasteiger partial charge in [-0.25, -0.2) is 4.52 Å². The first-order valence-corrected chi connectivity index (χ1v) is 10.9. The zero-order valence-electron chi connectivity index (χ0n) is 18.8. The lowest BCUT2D eigenvalue weighted by Crippen LogP contribution is -2.31. The number of likely N-dealkylation sites (N-methyl/N-ethyl adjacent to an activating group) is 1. The van der Waals surface area contributed by atoms with Crippen molar-refractivity contribution in [1.82, 2.24) is 19.8 Å². The highest BCUT2D eigenvalue weighted by atomic mass is 16.2. The number of nitrogens with two attached hydrogens (primary N) is 1. The molecule has 3 aromatic rings. The largest absolute Gasteiger partial charge is 0.380 e. The van der Waals surface area contributed by atoms with E-state index in [2.05, 4.69) is 22.7 Å². The van der Waals surface area contributed by atoms with E-state index in [0.29, 0.717) is 29.3 Å². The van der Waals surface area contributed by atoms with Gasteiger partial charge in [-0.1, -0.05) is 12.1 Å². The molecule has 4 rings (SSSR count). The highest BCUT2D eigenvalue weighted by Crippen LogP contribution is 2.36. The topological polar surface area (TPSA) is 105 Å². The molecule has 1 aromatic carbocycles. The Labute approximate surface area is 187 Å². The molecule has 1 saturated carbocycles. The van der Waals surface area contributed by atoms with Crippen LogP contribution in [-0.2, 0) is 0 Å². The van der Waals surface area contributed by atoms with Crippen LogP contribution >= 0.6 is 0 Å². The van der Waals surface area contributed by atoms with Gasteiger partial charge in [-0.2, -0.15) is 5.10 Å². The van der Waals surface area contributed by atoms with Gasteiger partial charge in [-0.3, -0.25) is 9.59 Å². The standard InChI is InChI=1S/C24H30N6O2/c1-15(16-7-8-16)28-22-20(23(25)31)13-27-30-14-19(12-21(22)30)17-5-4-6-18(11-17)24(32)26-9-10-29(2)3/h4-6,11-16,28H,7-10H2,1-3H3,(H2,25,31)(H,26,32)/t15-/m1/s1. The summed E-state index contributed by atoms with van der Waals surface area (Å²) >= 11 is 0. The molecule has 1 aliphatic carbocycles. The average Bonchev–Trinajstić information content (AvgIpc) is 3.52. The van der Waals surface area contributed by atoms with Crippen LogP contribution in [0.2, 0.25) is 0 Å². The van der Waals surface area contributed by atoms with Crippen LogP contribution in [0.15, 0.2) is 42.7 Å². The Morgan fingerprint density at radius 1 is 1.25 bits per heavy atom. The summed E-state index contributed by atoms with van der Waals surface area (Å²) in [5.41, 5.74) is 9.90. The van der Waals surface area contributed by atoms with Gasteiger partial charge in [0.1, 0.15) is 0 Å². The van der Waals surface area contributed by atoms with Crippen LogP contribution < -0.4 is 16.4 Å². The number of fused-ring (bicyclic) bond motifs is 1. The molecule has 2 amide bonds. The molecule has 0 unspecified atom stereocenters. The number of carbonyl (C=O) groups excluding carboxylic acids is 2. The van der Waals surface area contributed by atoms with Crippen LogP contribution in [0.1, 0.15) is 40.5 Å². The summed E-state index contributed by atoms with van der Waals surface area (Å²) in [5.74, 6) is -0.00192. The van der Waals surface area contributed by atoms with E-state index in [9.17, 15) is 9.59 Å². The molecule has 168 valence electrons. The van der Waals surface area contributed by atoms with Gasteiger partial charge < -0.3 is 21.3 Å². The Bertz CT molecular complexity index is 1150. The maximum Gasteiger partial charge on any atom is 0.252 e. The van der Waals surface area contributed by atoms with E-state index in [0.717, 1.165) is 23.2 Å². The van der Waals surface area contributed by atoms with Crippen molar-refractivity contribution in [2.45, 2.75) is 25.8 Å². The number of anilines is 1. The Morgan fingerprint density at radius 2 is 2.03 bits per heavy atom. The third-order valence-corrected chi connectivity index (χ3v) is 5.91. The molecular weight excluding hydrogens is 404 g/mol. The van der Waals surface area contributed by atoms with Crippen LogP contribution in [0, 0.1) is 5.92 Å². The molecule has 2 aromatic heterocycles. The molecule has 1 fully saturated rings. The van der Waals surface area contributed by atoms with E-state index in [-0.39, 0.29) is 11.9 Å². The van der Waals surface area contributed by atoms with Crippen LogP contribution in [0.25, 0.3) is 16.6 Å². The fourth-order valence-electron chi connectivity index (χ4n) is 3.83. The zero-order valence-corrected chi connectivity index (χ0v) is 18.8. The van der Waals surface area contributed by atoms with E-state index in [4.69, 9.17) is 5.73 Å². The molecule has 1 atom stereocenters. The van der Waals surface area contributed by atoms with Crippen molar-refractivity contribution >= 4 is 23.0 Å². The fraction of sp³-hybridized carbons (Fsp3) is 0.375. The summed E-state index contributed by atoms with van der Waals surface area (Å²) in [6.07, 6.45) is 5.79. The molecule has 1 aliphatic rings. The molecule has 2 heterocycles. The van der Waals surface area contributed by atoms with Crippen LogP contribution in [0.3, 0.4) is 0 Å². The first-order valence-electron chi connectivity index (χ1n) is 10.9. The summed E-state index contributed by atoms with van der Waals surface area (Å²) in [7, 11) is 3.94. The molecule has 0 saturated heterocycles. The van der Waals surface area contributed by atoms with Crippen molar-refractivity contribution < 1.29 is 9.59 Å². The van der Waals surface area contributed by atoms with Crippen LogP contribution in [0.4, 0.5) is 5.69 Å². The number of benzene rings is 1. The van der Waals surface area contributed by atoms with E-state index in [1.54, 1.807) is 10.6 Å². The Hall–Kier alpha value is -3.39. The molecule has 0 bridgehead atoms. The van der Waals surface area contributed by atoms with Gasteiger partial charge in [-0.05, 0) is 63.5 Å². The zero-order chi connectivity index (χ0) is 22.8. The van der Waals surface area contributed by atoms with Gasteiger partial charge in [0.15, 0.2) is 0 Å². The third kappa shape index (κ3) is 4.75. The predicted molar refractivity (Wildman–Crippen MR) is 126 cm³/mol. The van der Waals surface area contributed by atoms with E-state index >= 15 is 0 Å². The van der Waals surface area contributed by atoms with Crippen molar-refractivity contribution in [2.75, 3.05) is 32.5 Å². The number of amides is 2. The van der Waals surface area contributed by atoms with Crippen molar-refractivity contribution in [1.29, 1.82) is 0 Å². The summed E-state index contributed by atoms with van der Waals surface area (Å²) in [5, 5.41) is 10.8. The molecular formula is C24H30N6O2. The van der Waals surface area contributed by atoms with Crippen molar-refractivity contribution in [3.63, 3.8) is 0 Å². The number of rotatable bonds is 9. The second kappa shape index (κ2) is 9.00. The van der Waals surface area contributed by atoms with E-state index in [1.165, 1.54) is 19.0 Å². The van der Waals surface area contributed by atoms with Gasteiger partial charge in [0.2, 0.25) is 0 Å². The van der Waals surface area contributed by atoms with Crippen molar-refractivity contribution in [3.05, 3.63) is 53.9 Å². The van der Waals surface area contributed by atoms with Gasteiger partial charge in [0.05, 0.1) is 23.0 Å². The minimum absolute atomic E-state index is 0.104. The SMILES string of the molecule is C[C@@H](Nc1c(C(N)=O)cnn2cc(-c3cccc(C(=O)NCCN(C)C)c3)cc12)C1CC1. The van der Waals surface area contributed by atoms with Crippen LogP contribution in [0.5, 0.6) is 0 Å². The smallest absolute Gasteiger partial charge is 0.252 e. The molecule has 4 N–H and O–H groups in total. The number of aromatic nitrogens is 2. The molecule has 0 aliphatic heterocycles. The molecule has 8 heteroatoms. The number of nitrogens with zero attached hydrogens (tertiary/aromatic N) is 3. The lowest BCUT2D eigenvalue weighted by Gasteiger charge is -2.17. The van der Waals surface area contributed by atoms with Gasteiger partial charge >= 0.3 is 0 Å². The number of hydrogen-bond acceptors (Lipinski definition) is 5. The normalized spacial score (nSPS) is 14.5. The van der Waals surface area contributed by atoms with Crippen molar-refractivity contribution in [3.8, 4) is 11.1 Å². The molecule has 0 spiro atoms. The quantitative estimate of drug-likeness (QED) is 0.480. The maximum atomic E-state index is 12.5. The lowest BCUT2D eigenvalue weighted by molar-refractivity contribution is 0.0949. The molecule has 32 heavy (non-hydrogen) atoms. The predicted octanol–water partition coefficient (Wildman–Crippen LogP) is 2.60. The first-order chi connectivity index (χ1) is 15.3. The monoisotopic (exact) mass is 434 g/mol. The van der Waals surface area contributed by atoms with E-state index < -0.39 is 5.91 Å². The van der Waals surface area contributed by atoms with Gasteiger partial charge in [-0.15, -0.1) is 0 Å². The second-order valence-corrected chi connectivity index (χ2v) is 8.77. The fourth-order valence-corrected chi connectivity index (χ4v) is 3.83. The third-order valence-electron chi connectivity index (χ3n) is 5.91. The highest BCUT2D eigenvalue weighted by molar-refractivity contribution is 6.02. The second-order valence-electron chi connectivity index (χ2n) is 8.77. The summed E-state index contributed by atoms with van der Waals surface area (Å²) < 4.78 is 1.74. The van der Waals surface area contributed by atoms with Crippen LogP contribution in [-0.4, -0.2) is 59.6 Å². The average molecular weight is 435 g/mol. The first kappa shape index (κ1) is 21.8. The summed E-state index contributed by atoms with van der Waals surface area (Å²) in [4.78, 5) is 26.6. The highest BCUT2D eigenvalue weighted by Gasteiger charge is 2.29. The molecule has 8 nitrogen and oxygen atoms in total. The van der Waals surface area contributed by atoms with Gasteiger partial charge in [0.25, 0.3) is 11.8 Å². The Balaban J connectivity index is 1.65. The maximum absolute atomic E-state index is 12.5. The Morgan fingerprint density at radius 3 is 2.72 bits per heavy atom. The van der Waals surface area contributed by atoms with Crippen molar-refractivity contribution in [2.24, 2.45) is 11.7 Å². The Kier molecular flexibility index (Phi) is 6.14. The minimum Gasteiger partial charge on any atom is -0.380 e. The minimum atomic E-state index is -0.510. The summed E-state index contributed by atoms with van der Waals surface area (Å²) in [6, 6.07) is 9.72. The molecule has 0 radical (unpaired) electrons. The number of nitrogens with one attached hydrogen (secondary N) is 2. The number of primary amides is 1. The summed E-state index contributed by atoms with van der Waals surface area (Å²) in [6.45, 7) is 3.49. The number of carbonyl (C=O) groups is 2. The lowest BCUT2D eigenvalue weighted by atomic mass is 10.0. The number of hydrogen-bond donors (Lipinski definition) is 3.